The fraction of sp³-hybridized carbons (Fsp3) is 0.750. The summed E-state index contributed by atoms with van der Waals surface area (Å²) in [6, 6.07) is 0. The first kappa shape index (κ1) is 14.6. The number of nitrogens with zero attached hydrogens (tertiary/aromatic N) is 1. The number of aromatic nitrogens is 1. The maximum atomic E-state index is 12.2. The van der Waals surface area contributed by atoms with Gasteiger partial charge in [-0.05, 0) is 42.6 Å². The SMILES string of the molecule is CCCS(=O)(=O)c1c(N)nsc1NCC(C)C1CC1. The van der Waals surface area contributed by atoms with Crippen LogP contribution in [0.4, 0.5) is 10.8 Å². The van der Waals surface area contributed by atoms with Crippen LogP contribution in [0.3, 0.4) is 0 Å². The van der Waals surface area contributed by atoms with E-state index in [1.807, 2.05) is 6.92 Å². The molecule has 1 aromatic heterocycles. The summed E-state index contributed by atoms with van der Waals surface area (Å²) in [7, 11) is -3.32. The lowest BCUT2D eigenvalue weighted by Gasteiger charge is -2.12. The molecule has 0 aromatic carbocycles. The van der Waals surface area contributed by atoms with Gasteiger partial charge in [-0.2, -0.15) is 4.37 Å². The molecule has 108 valence electrons. The number of sulfone groups is 1. The van der Waals surface area contributed by atoms with E-state index in [-0.39, 0.29) is 16.5 Å². The van der Waals surface area contributed by atoms with Crippen LogP contribution in [0.2, 0.25) is 0 Å². The highest BCUT2D eigenvalue weighted by molar-refractivity contribution is 7.91. The molecule has 0 bridgehead atoms. The van der Waals surface area contributed by atoms with Gasteiger partial charge in [0.2, 0.25) is 0 Å². The van der Waals surface area contributed by atoms with Crippen molar-refractivity contribution in [1.29, 1.82) is 0 Å². The molecule has 0 saturated heterocycles. The van der Waals surface area contributed by atoms with E-state index in [9.17, 15) is 8.42 Å². The maximum Gasteiger partial charge on any atom is 0.185 e. The molecule has 2 rings (SSSR count). The summed E-state index contributed by atoms with van der Waals surface area (Å²) in [5.74, 6) is 1.58. The molecule has 0 spiro atoms. The van der Waals surface area contributed by atoms with Gasteiger partial charge >= 0.3 is 0 Å². The van der Waals surface area contributed by atoms with Crippen LogP contribution in [0.15, 0.2) is 4.90 Å². The Hall–Kier alpha value is -0.820. The van der Waals surface area contributed by atoms with Crippen LogP contribution < -0.4 is 11.1 Å². The van der Waals surface area contributed by atoms with Gasteiger partial charge in [-0.25, -0.2) is 8.42 Å². The second-order valence-corrected chi connectivity index (χ2v) is 8.06. The quantitative estimate of drug-likeness (QED) is 0.807. The van der Waals surface area contributed by atoms with Crippen molar-refractivity contribution in [3.8, 4) is 0 Å². The van der Waals surface area contributed by atoms with Crippen molar-refractivity contribution in [2.24, 2.45) is 11.8 Å². The highest BCUT2D eigenvalue weighted by atomic mass is 32.2. The van der Waals surface area contributed by atoms with Crippen LogP contribution >= 0.6 is 11.5 Å². The molecule has 0 amide bonds. The van der Waals surface area contributed by atoms with Gasteiger partial charge in [0, 0.05) is 6.54 Å². The third kappa shape index (κ3) is 3.39. The lowest BCUT2D eigenvalue weighted by atomic mass is 10.1. The van der Waals surface area contributed by atoms with Gasteiger partial charge in [0.25, 0.3) is 0 Å². The molecule has 1 aliphatic rings. The predicted octanol–water partition coefficient (Wildman–Crippen LogP) is 2.37. The topological polar surface area (TPSA) is 85.1 Å². The molecule has 1 fully saturated rings. The normalized spacial score (nSPS) is 17.4. The van der Waals surface area contributed by atoms with Crippen molar-refractivity contribution in [3.63, 3.8) is 0 Å². The molecule has 5 nitrogen and oxygen atoms in total. The van der Waals surface area contributed by atoms with E-state index in [0.29, 0.717) is 17.3 Å². The number of nitrogen functional groups attached to an aromatic ring is 1. The summed E-state index contributed by atoms with van der Waals surface area (Å²) in [6.07, 6.45) is 3.15. The van der Waals surface area contributed by atoms with Gasteiger partial charge in [-0.1, -0.05) is 13.8 Å². The zero-order chi connectivity index (χ0) is 14.0. The second kappa shape index (κ2) is 5.66. The van der Waals surface area contributed by atoms with E-state index in [1.54, 1.807) is 0 Å². The van der Waals surface area contributed by atoms with E-state index in [0.717, 1.165) is 24.0 Å². The minimum atomic E-state index is -3.32. The molecule has 3 N–H and O–H groups in total. The zero-order valence-corrected chi connectivity index (χ0v) is 13.0. The first-order chi connectivity index (χ1) is 8.95. The predicted molar refractivity (Wildman–Crippen MR) is 79.2 cm³/mol. The van der Waals surface area contributed by atoms with Gasteiger partial charge in [-0.3, -0.25) is 0 Å². The Bertz CT molecular complexity index is 535. The smallest absolute Gasteiger partial charge is 0.185 e. The second-order valence-electron chi connectivity index (χ2n) is 5.24. The summed E-state index contributed by atoms with van der Waals surface area (Å²) in [5.41, 5.74) is 5.72. The molecule has 1 unspecified atom stereocenters. The summed E-state index contributed by atoms with van der Waals surface area (Å²) < 4.78 is 28.3. The Balaban J connectivity index is 2.12. The van der Waals surface area contributed by atoms with E-state index >= 15 is 0 Å². The molecular formula is C12H21N3O2S2. The zero-order valence-electron chi connectivity index (χ0n) is 11.3. The first-order valence-electron chi connectivity index (χ1n) is 6.67. The average molecular weight is 303 g/mol. The Morgan fingerprint density at radius 1 is 1.53 bits per heavy atom. The van der Waals surface area contributed by atoms with Gasteiger partial charge in [0.15, 0.2) is 15.7 Å². The van der Waals surface area contributed by atoms with Crippen LogP contribution in [0.1, 0.15) is 33.1 Å². The fourth-order valence-corrected chi connectivity index (χ4v) is 4.79. The maximum absolute atomic E-state index is 12.2. The lowest BCUT2D eigenvalue weighted by molar-refractivity contribution is 0.536. The van der Waals surface area contributed by atoms with Crippen molar-refractivity contribution in [2.45, 2.75) is 38.0 Å². The van der Waals surface area contributed by atoms with E-state index < -0.39 is 9.84 Å². The number of hydrogen-bond donors (Lipinski definition) is 2. The van der Waals surface area contributed by atoms with Crippen molar-refractivity contribution < 1.29 is 8.42 Å². The number of rotatable bonds is 7. The Labute approximate surface area is 118 Å². The molecule has 1 atom stereocenters. The van der Waals surface area contributed by atoms with Gasteiger partial charge in [-0.15, -0.1) is 0 Å². The lowest BCUT2D eigenvalue weighted by Crippen LogP contribution is -2.15. The third-order valence-electron chi connectivity index (χ3n) is 3.47. The summed E-state index contributed by atoms with van der Waals surface area (Å²) >= 11 is 1.14. The molecular weight excluding hydrogens is 282 g/mol. The molecule has 1 aliphatic carbocycles. The minimum absolute atomic E-state index is 0.114. The number of nitrogens with one attached hydrogen (secondary N) is 1. The standard InChI is InChI=1S/C12H21N3O2S2/c1-3-6-19(16,17)10-11(13)15-18-12(10)14-7-8(2)9-4-5-9/h8-9,14H,3-7H2,1-2H3,(H2,13,15). The van der Waals surface area contributed by atoms with E-state index in [1.165, 1.54) is 12.8 Å². The van der Waals surface area contributed by atoms with Gasteiger partial charge in [0.1, 0.15) is 9.90 Å². The highest BCUT2D eigenvalue weighted by Gasteiger charge is 2.29. The van der Waals surface area contributed by atoms with Crippen LogP contribution in [0, 0.1) is 11.8 Å². The largest absolute Gasteiger partial charge is 0.382 e. The Morgan fingerprint density at radius 2 is 2.21 bits per heavy atom. The van der Waals surface area contributed by atoms with Gasteiger partial charge in [0.05, 0.1) is 5.75 Å². The number of nitrogens with two attached hydrogens (primary N) is 1. The summed E-state index contributed by atoms with van der Waals surface area (Å²) in [6.45, 7) is 4.81. The van der Waals surface area contributed by atoms with Crippen molar-refractivity contribution >= 4 is 32.2 Å². The summed E-state index contributed by atoms with van der Waals surface area (Å²) in [5, 5.41) is 3.81. The van der Waals surface area contributed by atoms with E-state index in [4.69, 9.17) is 5.73 Å². The molecule has 7 heteroatoms. The van der Waals surface area contributed by atoms with E-state index in [2.05, 4.69) is 16.6 Å². The minimum Gasteiger partial charge on any atom is -0.382 e. The first-order valence-corrected chi connectivity index (χ1v) is 9.10. The van der Waals surface area contributed by atoms with Crippen molar-refractivity contribution in [3.05, 3.63) is 0 Å². The van der Waals surface area contributed by atoms with Crippen LogP contribution in [-0.2, 0) is 9.84 Å². The Kier molecular flexibility index (Phi) is 4.35. The molecule has 0 aliphatic heterocycles. The monoisotopic (exact) mass is 303 g/mol. The van der Waals surface area contributed by atoms with Crippen molar-refractivity contribution in [2.75, 3.05) is 23.3 Å². The molecule has 1 heterocycles. The van der Waals surface area contributed by atoms with Crippen LogP contribution in [0.5, 0.6) is 0 Å². The van der Waals surface area contributed by atoms with Crippen LogP contribution in [0.25, 0.3) is 0 Å². The van der Waals surface area contributed by atoms with Crippen molar-refractivity contribution in [1.82, 2.24) is 4.37 Å². The third-order valence-corrected chi connectivity index (χ3v) is 6.40. The fourth-order valence-electron chi connectivity index (χ4n) is 2.16. The Morgan fingerprint density at radius 3 is 2.79 bits per heavy atom. The number of anilines is 2. The molecule has 1 aromatic rings. The summed E-state index contributed by atoms with van der Waals surface area (Å²) in [4.78, 5) is 0.197. The van der Waals surface area contributed by atoms with Gasteiger partial charge < -0.3 is 11.1 Å². The molecule has 1 saturated carbocycles. The average Bonchev–Trinajstić information content (AvgIpc) is 3.10. The molecule has 19 heavy (non-hydrogen) atoms. The highest BCUT2D eigenvalue weighted by Crippen LogP contribution is 2.38. The number of hydrogen-bond acceptors (Lipinski definition) is 6. The molecule has 0 radical (unpaired) electrons. The van der Waals surface area contributed by atoms with Crippen LogP contribution in [-0.4, -0.2) is 25.1 Å².